The topological polar surface area (TPSA) is 76.2 Å². The fourth-order valence-corrected chi connectivity index (χ4v) is 4.37. The molecule has 3 rings (SSSR count). The van der Waals surface area contributed by atoms with Crippen molar-refractivity contribution in [3.8, 4) is 0 Å². The molecule has 2 saturated heterocycles. The smallest absolute Gasteiger partial charge is 0.411 e. The fourth-order valence-electron chi connectivity index (χ4n) is 3.23. The molecule has 2 fully saturated rings. The van der Waals surface area contributed by atoms with Gasteiger partial charge in [0, 0.05) is 12.3 Å². The zero-order chi connectivity index (χ0) is 18.5. The molecule has 0 aliphatic carbocycles. The van der Waals surface area contributed by atoms with E-state index in [-0.39, 0.29) is 12.5 Å². The van der Waals surface area contributed by atoms with Crippen LogP contribution in [-0.2, 0) is 25.7 Å². The van der Waals surface area contributed by atoms with Crippen LogP contribution in [0.4, 0.5) is 4.79 Å². The van der Waals surface area contributed by atoms with Gasteiger partial charge in [-0.3, -0.25) is 9.69 Å². The number of esters is 1. The molecule has 2 amide bonds. The molecule has 0 N–H and O–H groups in total. The highest BCUT2D eigenvalue weighted by Crippen LogP contribution is 2.27. The molecule has 7 nitrogen and oxygen atoms in total. The van der Waals surface area contributed by atoms with Gasteiger partial charge in [0.1, 0.15) is 18.7 Å². The van der Waals surface area contributed by atoms with Gasteiger partial charge in [0.2, 0.25) is 5.91 Å². The minimum absolute atomic E-state index is 0.163. The molecule has 0 saturated carbocycles. The summed E-state index contributed by atoms with van der Waals surface area (Å²) in [4.78, 5) is 40.3. The lowest BCUT2D eigenvalue weighted by molar-refractivity contribution is -0.152. The molecule has 0 unspecified atom stereocenters. The zero-order valence-electron chi connectivity index (χ0n) is 14.6. The van der Waals surface area contributed by atoms with Crippen LogP contribution in [0.3, 0.4) is 0 Å². The third-order valence-corrected chi connectivity index (χ3v) is 5.63. The summed E-state index contributed by atoms with van der Waals surface area (Å²) in [6.07, 6.45) is 0.839. The van der Waals surface area contributed by atoms with Crippen LogP contribution >= 0.6 is 11.8 Å². The second kappa shape index (κ2) is 8.44. The summed E-state index contributed by atoms with van der Waals surface area (Å²) in [5, 5.41) is 0. The van der Waals surface area contributed by atoms with Crippen molar-refractivity contribution in [1.29, 1.82) is 0 Å². The molecule has 0 aromatic heterocycles. The fraction of sp³-hybridized carbons (Fsp3) is 0.500. The van der Waals surface area contributed by atoms with Crippen molar-refractivity contribution in [3.05, 3.63) is 35.9 Å². The minimum atomic E-state index is -0.603. The molecule has 140 valence electrons. The van der Waals surface area contributed by atoms with Crippen LogP contribution in [-0.4, -0.2) is 65.1 Å². The molecule has 0 radical (unpaired) electrons. The van der Waals surface area contributed by atoms with Crippen LogP contribution in [0.2, 0.25) is 0 Å². The normalized spacial score (nSPS) is 22.3. The van der Waals surface area contributed by atoms with Crippen molar-refractivity contribution in [2.24, 2.45) is 0 Å². The molecule has 0 bridgehead atoms. The number of amides is 2. The molecular formula is C18H22N2O5S. The maximum atomic E-state index is 12.9. The van der Waals surface area contributed by atoms with Gasteiger partial charge < -0.3 is 14.4 Å². The molecule has 2 aliphatic rings. The first-order valence-electron chi connectivity index (χ1n) is 8.55. The molecular weight excluding hydrogens is 356 g/mol. The van der Waals surface area contributed by atoms with Gasteiger partial charge in [0.05, 0.1) is 13.0 Å². The van der Waals surface area contributed by atoms with E-state index in [0.29, 0.717) is 24.6 Å². The predicted octanol–water partition coefficient (Wildman–Crippen LogP) is 1.86. The van der Waals surface area contributed by atoms with E-state index in [1.54, 1.807) is 4.90 Å². The first kappa shape index (κ1) is 18.6. The van der Waals surface area contributed by atoms with E-state index in [1.807, 2.05) is 30.3 Å². The van der Waals surface area contributed by atoms with Crippen LogP contribution in [0.15, 0.2) is 30.3 Å². The molecule has 1 aromatic rings. The molecule has 2 heterocycles. The number of nitrogens with zero attached hydrogens (tertiary/aromatic N) is 2. The maximum Gasteiger partial charge on any atom is 0.411 e. The van der Waals surface area contributed by atoms with Gasteiger partial charge in [-0.1, -0.05) is 30.3 Å². The number of carbonyl (C=O) groups is 3. The van der Waals surface area contributed by atoms with Crippen LogP contribution in [0, 0.1) is 0 Å². The Labute approximate surface area is 156 Å². The number of ether oxygens (including phenoxy) is 2. The number of hydrogen-bond acceptors (Lipinski definition) is 6. The highest BCUT2D eigenvalue weighted by Gasteiger charge is 2.43. The van der Waals surface area contributed by atoms with Crippen LogP contribution in [0.5, 0.6) is 0 Å². The number of carbonyl (C=O) groups excluding carboxylic acids is 3. The monoisotopic (exact) mass is 378 g/mol. The lowest BCUT2D eigenvalue weighted by Gasteiger charge is -2.29. The van der Waals surface area contributed by atoms with Crippen molar-refractivity contribution < 1.29 is 23.9 Å². The van der Waals surface area contributed by atoms with Gasteiger partial charge in [-0.05, 0) is 18.4 Å². The van der Waals surface area contributed by atoms with Crippen LogP contribution < -0.4 is 0 Å². The minimum Gasteiger partial charge on any atom is -0.467 e. The van der Waals surface area contributed by atoms with E-state index in [4.69, 9.17) is 9.47 Å². The Hall–Kier alpha value is -2.22. The summed E-state index contributed by atoms with van der Waals surface area (Å²) >= 11 is 1.50. The summed E-state index contributed by atoms with van der Waals surface area (Å²) in [6.45, 7) is 0.670. The standard InChI is InChI=1S/C18H22N2O5S/c1-24-17(22)14-8-5-9-19(14)16(21)15-11-26-12-20(15)18(23)25-10-13-6-3-2-4-7-13/h2-4,6-7,14-15H,5,8-12H2,1H3/t14-,15-/m0/s1. The van der Waals surface area contributed by atoms with Crippen molar-refractivity contribution in [1.82, 2.24) is 9.80 Å². The summed E-state index contributed by atoms with van der Waals surface area (Å²) in [5.41, 5.74) is 0.890. The largest absolute Gasteiger partial charge is 0.467 e. The molecule has 2 atom stereocenters. The van der Waals surface area contributed by atoms with E-state index in [1.165, 1.54) is 23.8 Å². The zero-order valence-corrected chi connectivity index (χ0v) is 15.4. The number of hydrogen-bond donors (Lipinski definition) is 0. The summed E-state index contributed by atoms with van der Waals surface area (Å²) in [7, 11) is 1.32. The predicted molar refractivity (Wildman–Crippen MR) is 96.3 cm³/mol. The molecule has 1 aromatic carbocycles. The summed E-state index contributed by atoms with van der Waals surface area (Å²) in [5.74, 6) is 0.295. The highest BCUT2D eigenvalue weighted by atomic mass is 32.2. The average molecular weight is 378 g/mol. The summed E-state index contributed by atoms with van der Waals surface area (Å²) < 4.78 is 10.2. The third-order valence-electron chi connectivity index (χ3n) is 4.62. The van der Waals surface area contributed by atoms with Crippen molar-refractivity contribution >= 4 is 29.7 Å². The van der Waals surface area contributed by atoms with Crippen molar-refractivity contribution in [2.75, 3.05) is 25.3 Å². The average Bonchev–Trinajstić information content (AvgIpc) is 3.35. The van der Waals surface area contributed by atoms with Gasteiger partial charge in [-0.25, -0.2) is 9.59 Å². The lowest BCUT2D eigenvalue weighted by Crippen LogP contribution is -2.52. The van der Waals surface area contributed by atoms with E-state index < -0.39 is 24.1 Å². The van der Waals surface area contributed by atoms with Gasteiger partial charge in [0.25, 0.3) is 0 Å². The Morgan fingerprint density at radius 1 is 1.15 bits per heavy atom. The summed E-state index contributed by atoms with van der Waals surface area (Å²) in [6, 6.07) is 8.24. The van der Waals surface area contributed by atoms with E-state index in [0.717, 1.165) is 12.0 Å². The Morgan fingerprint density at radius 3 is 2.65 bits per heavy atom. The number of methoxy groups -OCH3 is 1. The number of thioether (sulfide) groups is 1. The van der Waals surface area contributed by atoms with Gasteiger partial charge in [0.15, 0.2) is 0 Å². The van der Waals surface area contributed by atoms with E-state index >= 15 is 0 Å². The van der Waals surface area contributed by atoms with E-state index in [2.05, 4.69) is 0 Å². The van der Waals surface area contributed by atoms with Gasteiger partial charge >= 0.3 is 12.1 Å². The Balaban J connectivity index is 1.62. The van der Waals surface area contributed by atoms with Crippen LogP contribution in [0.25, 0.3) is 0 Å². The number of rotatable bonds is 4. The Bertz CT molecular complexity index is 669. The Kier molecular flexibility index (Phi) is 6.03. The number of benzene rings is 1. The molecule has 2 aliphatic heterocycles. The van der Waals surface area contributed by atoms with Crippen LogP contribution in [0.1, 0.15) is 18.4 Å². The first-order valence-corrected chi connectivity index (χ1v) is 9.70. The van der Waals surface area contributed by atoms with Gasteiger partial charge in [-0.2, -0.15) is 0 Å². The quantitative estimate of drug-likeness (QED) is 0.745. The molecule has 8 heteroatoms. The third kappa shape index (κ3) is 3.95. The second-order valence-corrected chi connectivity index (χ2v) is 7.24. The highest BCUT2D eigenvalue weighted by molar-refractivity contribution is 7.99. The van der Waals surface area contributed by atoms with Crippen molar-refractivity contribution in [3.63, 3.8) is 0 Å². The molecule has 0 spiro atoms. The first-order chi connectivity index (χ1) is 12.6. The number of likely N-dealkylation sites (tertiary alicyclic amines) is 1. The Morgan fingerprint density at radius 2 is 1.92 bits per heavy atom. The SMILES string of the molecule is COC(=O)[C@@H]1CCCN1C(=O)[C@@H]1CSCN1C(=O)OCc1ccccc1. The lowest BCUT2D eigenvalue weighted by atomic mass is 10.2. The maximum absolute atomic E-state index is 12.9. The van der Waals surface area contributed by atoms with Gasteiger partial charge in [-0.15, -0.1) is 11.8 Å². The van der Waals surface area contributed by atoms with E-state index in [9.17, 15) is 14.4 Å². The van der Waals surface area contributed by atoms with Crippen molar-refractivity contribution in [2.45, 2.75) is 31.5 Å². The second-order valence-electron chi connectivity index (χ2n) is 6.24. The molecule has 26 heavy (non-hydrogen) atoms.